The average Bonchev–Trinajstić information content (AvgIpc) is 3.03. The molecule has 2 aliphatic heterocycles. The lowest BCUT2D eigenvalue weighted by molar-refractivity contribution is -0.117. The molecule has 146 valence electrons. The number of hydrogen-bond acceptors (Lipinski definition) is 5. The van der Waals surface area contributed by atoms with E-state index in [0.29, 0.717) is 0 Å². The predicted octanol–water partition coefficient (Wildman–Crippen LogP) is 2.92. The summed E-state index contributed by atoms with van der Waals surface area (Å²) in [6.45, 7) is 7.22. The quantitative estimate of drug-likeness (QED) is 0.824. The second kappa shape index (κ2) is 7.54. The Balaban J connectivity index is 1.52. The fourth-order valence-electron chi connectivity index (χ4n) is 3.77. The zero-order chi connectivity index (χ0) is 19.7. The molecule has 6 heteroatoms. The van der Waals surface area contributed by atoms with Gasteiger partial charge in [-0.15, -0.1) is 0 Å². The van der Waals surface area contributed by atoms with Crippen molar-refractivity contribution in [3.8, 4) is 5.75 Å². The van der Waals surface area contributed by atoms with E-state index in [4.69, 9.17) is 4.74 Å². The summed E-state index contributed by atoms with van der Waals surface area (Å²) >= 11 is 0. The van der Waals surface area contributed by atoms with Crippen molar-refractivity contribution in [3.05, 3.63) is 54.1 Å². The van der Waals surface area contributed by atoms with Crippen molar-refractivity contribution < 1.29 is 9.53 Å². The number of aliphatic imine (C=N–C) groups is 1. The number of piperazine rings is 1. The topological polar surface area (TPSA) is 48.4 Å². The van der Waals surface area contributed by atoms with Gasteiger partial charge < -0.3 is 14.5 Å². The first-order chi connectivity index (χ1) is 13.6. The second-order valence-corrected chi connectivity index (χ2v) is 7.26. The lowest BCUT2D eigenvalue weighted by Gasteiger charge is -2.39. The van der Waals surface area contributed by atoms with Crippen molar-refractivity contribution in [2.24, 2.45) is 4.99 Å². The highest BCUT2D eigenvalue weighted by Gasteiger charge is 2.37. The molecule has 1 amide bonds. The number of amides is 1. The van der Waals surface area contributed by atoms with Crippen LogP contribution in [0.1, 0.15) is 12.5 Å². The van der Waals surface area contributed by atoms with Crippen LogP contribution in [-0.2, 0) is 4.79 Å². The third-order valence-electron chi connectivity index (χ3n) is 5.37. The number of carbonyl (C=O) groups excluding carboxylic acids is 1. The number of nitrogens with zero attached hydrogens (tertiary/aromatic N) is 4. The van der Waals surface area contributed by atoms with Gasteiger partial charge in [0.15, 0.2) is 0 Å². The van der Waals surface area contributed by atoms with Gasteiger partial charge >= 0.3 is 0 Å². The van der Waals surface area contributed by atoms with Gasteiger partial charge in [0.2, 0.25) is 5.96 Å². The molecule has 0 aromatic heterocycles. The van der Waals surface area contributed by atoms with Gasteiger partial charge in [0, 0.05) is 26.2 Å². The van der Waals surface area contributed by atoms with E-state index < -0.39 is 0 Å². The van der Waals surface area contributed by atoms with Crippen molar-refractivity contribution in [2.45, 2.75) is 19.9 Å². The summed E-state index contributed by atoms with van der Waals surface area (Å²) in [5.41, 5.74) is 3.16. The van der Waals surface area contributed by atoms with E-state index in [0.717, 1.165) is 49.3 Å². The van der Waals surface area contributed by atoms with Crippen LogP contribution in [-0.4, -0.2) is 56.1 Å². The molecule has 1 fully saturated rings. The van der Waals surface area contributed by atoms with Gasteiger partial charge in [-0.3, -0.25) is 4.79 Å². The van der Waals surface area contributed by atoms with Gasteiger partial charge in [-0.2, -0.15) is 0 Å². The number of ether oxygens (including phenoxy) is 1. The first kappa shape index (κ1) is 18.3. The number of benzene rings is 2. The highest BCUT2D eigenvalue weighted by atomic mass is 16.5. The van der Waals surface area contributed by atoms with Crippen LogP contribution in [0, 0.1) is 6.92 Å². The van der Waals surface area contributed by atoms with Gasteiger partial charge in [-0.25, -0.2) is 9.89 Å². The SMILES string of the molecule is COc1ccccc1N1CCN(C2=NC(C)C(=O)N2c2ccc(C)cc2)CC1. The van der Waals surface area contributed by atoms with E-state index in [1.807, 2.05) is 56.3 Å². The van der Waals surface area contributed by atoms with Crippen LogP contribution in [0.15, 0.2) is 53.5 Å². The number of aryl methyl sites for hydroxylation is 1. The van der Waals surface area contributed by atoms with Crippen LogP contribution in [0.3, 0.4) is 0 Å². The molecule has 0 saturated carbocycles. The predicted molar refractivity (Wildman–Crippen MR) is 112 cm³/mol. The molecule has 1 atom stereocenters. The average molecular weight is 378 g/mol. The first-order valence-electron chi connectivity index (χ1n) is 9.70. The smallest absolute Gasteiger partial charge is 0.258 e. The third kappa shape index (κ3) is 3.30. The fourth-order valence-corrected chi connectivity index (χ4v) is 3.77. The Kier molecular flexibility index (Phi) is 4.94. The van der Waals surface area contributed by atoms with Crippen LogP contribution in [0.4, 0.5) is 11.4 Å². The Hall–Kier alpha value is -3.02. The summed E-state index contributed by atoms with van der Waals surface area (Å²) in [5.74, 6) is 1.69. The molecular formula is C22H26N4O2. The van der Waals surface area contributed by atoms with E-state index >= 15 is 0 Å². The van der Waals surface area contributed by atoms with Gasteiger partial charge in [0.05, 0.1) is 18.5 Å². The number of anilines is 2. The molecule has 2 heterocycles. The maximum Gasteiger partial charge on any atom is 0.258 e. The molecule has 0 spiro atoms. The molecule has 4 rings (SSSR count). The molecule has 2 aromatic carbocycles. The maximum atomic E-state index is 12.8. The third-order valence-corrected chi connectivity index (χ3v) is 5.37. The summed E-state index contributed by atoms with van der Waals surface area (Å²) in [4.78, 5) is 23.8. The number of guanidine groups is 1. The van der Waals surface area contributed by atoms with Crippen LogP contribution in [0.25, 0.3) is 0 Å². The molecule has 6 nitrogen and oxygen atoms in total. The molecule has 1 unspecified atom stereocenters. The van der Waals surface area contributed by atoms with E-state index in [1.54, 1.807) is 12.0 Å². The van der Waals surface area contributed by atoms with Crippen LogP contribution in [0.5, 0.6) is 5.75 Å². The summed E-state index contributed by atoms with van der Waals surface area (Å²) in [5, 5.41) is 0. The number of para-hydroxylation sites is 2. The van der Waals surface area contributed by atoms with E-state index in [9.17, 15) is 4.79 Å². The lowest BCUT2D eigenvalue weighted by atomic mass is 10.2. The minimum atomic E-state index is -0.344. The molecule has 1 saturated heterocycles. The number of hydrogen-bond donors (Lipinski definition) is 0. The Labute approximate surface area is 166 Å². The molecule has 0 N–H and O–H groups in total. The summed E-state index contributed by atoms with van der Waals surface area (Å²) in [6, 6.07) is 15.8. The van der Waals surface area contributed by atoms with E-state index in [-0.39, 0.29) is 11.9 Å². The largest absolute Gasteiger partial charge is 0.495 e. The van der Waals surface area contributed by atoms with Crippen molar-refractivity contribution >= 4 is 23.2 Å². The van der Waals surface area contributed by atoms with Crippen molar-refractivity contribution in [1.82, 2.24) is 4.90 Å². The van der Waals surface area contributed by atoms with E-state index in [2.05, 4.69) is 20.9 Å². The van der Waals surface area contributed by atoms with E-state index in [1.165, 1.54) is 5.56 Å². The molecule has 2 aromatic rings. The van der Waals surface area contributed by atoms with Crippen LogP contribution in [0.2, 0.25) is 0 Å². The van der Waals surface area contributed by atoms with Crippen molar-refractivity contribution in [3.63, 3.8) is 0 Å². The zero-order valence-electron chi connectivity index (χ0n) is 16.6. The highest BCUT2D eigenvalue weighted by molar-refractivity contribution is 6.21. The van der Waals surface area contributed by atoms with Gasteiger partial charge in [0.1, 0.15) is 11.8 Å². The zero-order valence-corrected chi connectivity index (χ0v) is 16.6. The highest BCUT2D eigenvalue weighted by Crippen LogP contribution is 2.29. The minimum absolute atomic E-state index is 0.0333. The Morgan fingerprint density at radius 1 is 0.964 bits per heavy atom. The monoisotopic (exact) mass is 378 g/mol. The Morgan fingerprint density at radius 2 is 1.61 bits per heavy atom. The van der Waals surface area contributed by atoms with Gasteiger partial charge in [-0.05, 0) is 38.1 Å². The number of methoxy groups -OCH3 is 1. The normalized spacial score (nSPS) is 19.8. The molecule has 0 aliphatic carbocycles. The van der Waals surface area contributed by atoms with Gasteiger partial charge in [0.25, 0.3) is 5.91 Å². The van der Waals surface area contributed by atoms with Gasteiger partial charge in [-0.1, -0.05) is 29.8 Å². The minimum Gasteiger partial charge on any atom is -0.495 e. The summed E-state index contributed by atoms with van der Waals surface area (Å²) in [7, 11) is 1.70. The maximum absolute atomic E-state index is 12.8. The first-order valence-corrected chi connectivity index (χ1v) is 9.70. The standard InChI is InChI=1S/C22H26N4O2/c1-16-8-10-18(11-9-16)26-21(27)17(2)23-22(26)25-14-12-24(13-15-25)19-6-4-5-7-20(19)28-3/h4-11,17H,12-15H2,1-3H3. The van der Waals surface area contributed by atoms with Crippen molar-refractivity contribution in [2.75, 3.05) is 43.1 Å². The lowest BCUT2D eigenvalue weighted by Crippen LogP contribution is -2.53. The molecule has 0 radical (unpaired) electrons. The summed E-state index contributed by atoms with van der Waals surface area (Å²) in [6.07, 6.45) is 0. The summed E-state index contributed by atoms with van der Waals surface area (Å²) < 4.78 is 5.51. The van der Waals surface area contributed by atoms with Crippen LogP contribution < -0.4 is 14.5 Å². The van der Waals surface area contributed by atoms with Crippen molar-refractivity contribution in [1.29, 1.82) is 0 Å². The molecular weight excluding hydrogens is 352 g/mol. The molecule has 2 aliphatic rings. The molecule has 28 heavy (non-hydrogen) atoms. The molecule has 0 bridgehead atoms. The Bertz CT molecular complexity index is 886. The number of carbonyl (C=O) groups is 1. The Morgan fingerprint density at radius 3 is 2.29 bits per heavy atom. The van der Waals surface area contributed by atoms with Crippen LogP contribution >= 0.6 is 0 Å². The second-order valence-electron chi connectivity index (χ2n) is 7.26. The number of rotatable bonds is 3. The fraction of sp³-hybridized carbons (Fsp3) is 0.364.